The molecule has 0 saturated carbocycles. The van der Waals surface area contributed by atoms with E-state index in [1.807, 2.05) is 4.90 Å². The number of likely N-dealkylation sites (tertiary alicyclic amines) is 1. The van der Waals surface area contributed by atoms with E-state index in [0.717, 1.165) is 18.5 Å². The third kappa shape index (κ3) is 4.33. The number of piperidine rings is 1. The second-order valence-corrected chi connectivity index (χ2v) is 6.58. The first-order valence-electron chi connectivity index (χ1n) is 9.04. The summed E-state index contributed by atoms with van der Waals surface area (Å²) in [4.78, 5) is 24.9. The SMILES string of the molecule is COc1ccc(C(=O)N2CCC(Nc3ccc([N+](=O)[O-])cc3)CC2)cc1OC. The minimum absolute atomic E-state index is 0.0326. The average Bonchev–Trinajstić information content (AvgIpc) is 2.73. The largest absolute Gasteiger partial charge is 0.493 e. The van der Waals surface area contributed by atoms with E-state index in [-0.39, 0.29) is 17.6 Å². The van der Waals surface area contributed by atoms with Gasteiger partial charge in [0.1, 0.15) is 0 Å². The Labute approximate surface area is 163 Å². The van der Waals surface area contributed by atoms with E-state index in [4.69, 9.17) is 9.47 Å². The van der Waals surface area contributed by atoms with Crippen molar-refractivity contribution in [3.05, 3.63) is 58.1 Å². The highest BCUT2D eigenvalue weighted by molar-refractivity contribution is 5.95. The minimum Gasteiger partial charge on any atom is -0.493 e. The maximum absolute atomic E-state index is 12.8. The maximum atomic E-state index is 12.8. The molecule has 28 heavy (non-hydrogen) atoms. The van der Waals surface area contributed by atoms with Gasteiger partial charge in [-0.2, -0.15) is 0 Å². The number of carbonyl (C=O) groups is 1. The molecule has 2 aromatic carbocycles. The average molecular weight is 385 g/mol. The summed E-state index contributed by atoms with van der Waals surface area (Å²) in [5.41, 5.74) is 1.48. The van der Waals surface area contributed by atoms with Gasteiger partial charge in [0.25, 0.3) is 11.6 Å². The second kappa shape index (κ2) is 8.60. The van der Waals surface area contributed by atoms with E-state index in [1.165, 1.54) is 12.1 Å². The molecule has 1 fully saturated rings. The van der Waals surface area contributed by atoms with Crippen molar-refractivity contribution in [2.75, 3.05) is 32.6 Å². The Bertz CT molecular complexity index is 845. The number of rotatable bonds is 6. The second-order valence-electron chi connectivity index (χ2n) is 6.58. The minimum atomic E-state index is -0.415. The highest BCUT2D eigenvalue weighted by Crippen LogP contribution is 2.28. The van der Waals surface area contributed by atoms with Crippen LogP contribution in [-0.2, 0) is 0 Å². The smallest absolute Gasteiger partial charge is 0.269 e. The van der Waals surface area contributed by atoms with Crippen molar-refractivity contribution in [2.45, 2.75) is 18.9 Å². The Morgan fingerprint density at radius 1 is 1.07 bits per heavy atom. The van der Waals surface area contributed by atoms with Crippen LogP contribution in [0.15, 0.2) is 42.5 Å². The van der Waals surface area contributed by atoms with Gasteiger partial charge in [0, 0.05) is 42.5 Å². The third-order valence-corrected chi connectivity index (χ3v) is 4.86. The molecule has 1 N–H and O–H groups in total. The van der Waals surface area contributed by atoms with Gasteiger partial charge in [-0.1, -0.05) is 0 Å². The molecule has 0 spiro atoms. The molecule has 0 aromatic heterocycles. The third-order valence-electron chi connectivity index (χ3n) is 4.86. The van der Waals surface area contributed by atoms with Crippen LogP contribution >= 0.6 is 0 Å². The fraction of sp³-hybridized carbons (Fsp3) is 0.350. The van der Waals surface area contributed by atoms with E-state index in [1.54, 1.807) is 44.6 Å². The molecule has 0 atom stereocenters. The molecule has 8 heteroatoms. The van der Waals surface area contributed by atoms with Gasteiger partial charge in [-0.05, 0) is 43.2 Å². The molecule has 3 rings (SSSR count). The molecule has 2 aromatic rings. The van der Waals surface area contributed by atoms with Gasteiger partial charge in [0.05, 0.1) is 19.1 Å². The molecule has 0 unspecified atom stereocenters. The highest BCUT2D eigenvalue weighted by Gasteiger charge is 2.24. The lowest BCUT2D eigenvalue weighted by Crippen LogP contribution is -2.42. The molecule has 0 radical (unpaired) electrons. The summed E-state index contributed by atoms with van der Waals surface area (Å²) in [6.07, 6.45) is 1.60. The monoisotopic (exact) mass is 385 g/mol. The number of anilines is 1. The Hall–Kier alpha value is -3.29. The van der Waals surface area contributed by atoms with Crippen LogP contribution in [0.3, 0.4) is 0 Å². The lowest BCUT2D eigenvalue weighted by Gasteiger charge is -2.33. The number of hydrogen-bond acceptors (Lipinski definition) is 6. The van der Waals surface area contributed by atoms with Crippen LogP contribution in [-0.4, -0.2) is 49.1 Å². The lowest BCUT2D eigenvalue weighted by molar-refractivity contribution is -0.384. The number of methoxy groups -OCH3 is 2. The number of carbonyl (C=O) groups excluding carboxylic acids is 1. The first-order valence-corrected chi connectivity index (χ1v) is 9.04. The van der Waals surface area contributed by atoms with Gasteiger partial charge in [0.2, 0.25) is 0 Å². The van der Waals surface area contributed by atoms with E-state index >= 15 is 0 Å². The Morgan fingerprint density at radius 2 is 1.71 bits per heavy atom. The van der Waals surface area contributed by atoms with Gasteiger partial charge in [-0.25, -0.2) is 0 Å². The zero-order chi connectivity index (χ0) is 20.1. The van der Waals surface area contributed by atoms with Crippen molar-refractivity contribution in [2.24, 2.45) is 0 Å². The molecule has 1 heterocycles. The van der Waals surface area contributed by atoms with Gasteiger partial charge in [-0.15, -0.1) is 0 Å². The number of non-ortho nitro benzene ring substituents is 1. The number of nitro benzene ring substituents is 1. The molecule has 1 aliphatic rings. The Kier molecular flexibility index (Phi) is 5.98. The standard InChI is InChI=1S/C20H23N3O5/c1-27-18-8-3-14(13-19(18)28-2)20(24)22-11-9-16(10-12-22)21-15-4-6-17(7-5-15)23(25)26/h3-8,13,16,21H,9-12H2,1-2H3. The van der Waals surface area contributed by atoms with Crippen molar-refractivity contribution in [1.82, 2.24) is 4.90 Å². The van der Waals surface area contributed by atoms with Crippen molar-refractivity contribution >= 4 is 17.3 Å². The van der Waals surface area contributed by atoms with Crippen molar-refractivity contribution in [3.8, 4) is 11.5 Å². The van der Waals surface area contributed by atoms with Crippen LogP contribution in [0.25, 0.3) is 0 Å². The van der Waals surface area contributed by atoms with Gasteiger partial charge in [0.15, 0.2) is 11.5 Å². The highest BCUT2D eigenvalue weighted by atomic mass is 16.6. The number of hydrogen-bond donors (Lipinski definition) is 1. The van der Waals surface area contributed by atoms with E-state index in [2.05, 4.69) is 5.32 Å². The van der Waals surface area contributed by atoms with Crippen molar-refractivity contribution in [1.29, 1.82) is 0 Å². The summed E-state index contributed by atoms with van der Waals surface area (Å²) in [6.45, 7) is 1.27. The maximum Gasteiger partial charge on any atom is 0.269 e. The van der Waals surface area contributed by atoms with Gasteiger partial charge < -0.3 is 19.7 Å². The van der Waals surface area contributed by atoms with Crippen LogP contribution in [0.1, 0.15) is 23.2 Å². The van der Waals surface area contributed by atoms with Crippen LogP contribution in [0.2, 0.25) is 0 Å². The fourth-order valence-corrected chi connectivity index (χ4v) is 3.29. The Morgan fingerprint density at radius 3 is 2.29 bits per heavy atom. The molecular weight excluding hydrogens is 362 g/mol. The number of nitro groups is 1. The molecular formula is C20H23N3O5. The predicted molar refractivity (Wildman–Crippen MR) is 105 cm³/mol. The summed E-state index contributed by atoms with van der Waals surface area (Å²) >= 11 is 0. The Balaban J connectivity index is 1.57. The molecule has 0 aliphatic carbocycles. The molecule has 1 amide bonds. The first kappa shape index (κ1) is 19.5. The number of amides is 1. The van der Waals surface area contributed by atoms with Crippen LogP contribution < -0.4 is 14.8 Å². The topological polar surface area (TPSA) is 93.9 Å². The summed E-state index contributed by atoms with van der Waals surface area (Å²) in [5, 5.41) is 14.1. The van der Waals surface area contributed by atoms with E-state index in [0.29, 0.717) is 30.2 Å². The molecule has 8 nitrogen and oxygen atoms in total. The lowest BCUT2D eigenvalue weighted by atomic mass is 10.0. The molecule has 0 bridgehead atoms. The quantitative estimate of drug-likeness (QED) is 0.605. The summed E-state index contributed by atoms with van der Waals surface area (Å²) in [7, 11) is 3.10. The van der Waals surface area contributed by atoms with Crippen LogP contribution in [0.5, 0.6) is 11.5 Å². The summed E-state index contributed by atoms with van der Waals surface area (Å²) in [5.74, 6) is 1.09. The van der Waals surface area contributed by atoms with Gasteiger partial charge in [-0.3, -0.25) is 14.9 Å². The summed E-state index contributed by atoms with van der Waals surface area (Å²) < 4.78 is 10.5. The van der Waals surface area contributed by atoms with Crippen molar-refractivity contribution < 1.29 is 19.2 Å². The van der Waals surface area contributed by atoms with Crippen LogP contribution in [0, 0.1) is 10.1 Å². The van der Waals surface area contributed by atoms with Crippen molar-refractivity contribution in [3.63, 3.8) is 0 Å². The molecule has 1 saturated heterocycles. The van der Waals surface area contributed by atoms with Gasteiger partial charge >= 0.3 is 0 Å². The predicted octanol–water partition coefficient (Wildman–Crippen LogP) is 3.33. The summed E-state index contributed by atoms with van der Waals surface area (Å²) in [6, 6.07) is 11.8. The molecule has 1 aliphatic heterocycles. The number of nitrogens with one attached hydrogen (secondary N) is 1. The first-order chi connectivity index (χ1) is 13.5. The normalized spacial score (nSPS) is 14.4. The molecule has 148 valence electrons. The fourth-order valence-electron chi connectivity index (χ4n) is 3.29. The van der Waals surface area contributed by atoms with Crippen LogP contribution in [0.4, 0.5) is 11.4 Å². The zero-order valence-electron chi connectivity index (χ0n) is 15.9. The van der Waals surface area contributed by atoms with E-state index in [9.17, 15) is 14.9 Å². The number of ether oxygens (including phenoxy) is 2. The van der Waals surface area contributed by atoms with E-state index < -0.39 is 4.92 Å². The number of nitrogens with zero attached hydrogens (tertiary/aromatic N) is 2. The number of benzene rings is 2. The zero-order valence-corrected chi connectivity index (χ0v) is 15.9.